The molecule has 142 valence electrons. The van der Waals surface area contributed by atoms with Gasteiger partial charge in [0.1, 0.15) is 0 Å². The predicted molar refractivity (Wildman–Crippen MR) is 107 cm³/mol. The molecule has 1 atom stereocenters. The van der Waals surface area contributed by atoms with Crippen LogP contribution in [0, 0.1) is 0 Å². The highest BCUT2D eigenvalue weighted by Crippen LogP contribution is 2.19. The first kappa shape index (κ1) is 19.0. The normalized spacial score (nSPS) is 12.1. The fourth-order valence-electron chi connectivity index (χ4n) is 2.83. The van der Waals surface area contributed by atoms with E-state index in [1.807, 2.05) is 48.5 Å². The maximum atomic E-state index is 12.5. The quantitative estimate of drug-likeness (QED) is 0.682. The van der Waals surface area contributed by atoms with Crippen molar-refractivity contribution in [3.63, 3.8) is 0 Å². The van der Waals surface area contributed by atoms with Gasteiger partial charge < -0.3 is 9.88 Å². The zero-order valence-electron chi connectivity index (χ0n) is 15.6. The number of nitrogens with zero attached hydrogens (tertiary/aromatic N) is 3. The van der Waals surface area contributed by atoms with Crippen LogP contribution in [0.25, 0.3) is 6.08 Å². The molecule has 0 aliphatic rings. The fourth-order valence-corrected chi connectivity index (χ4v) is 2.83. The topological polar surface area (TPSA) is 86.0 Å². The number of carbonyl (C=O) groups is 1. The van der Waals surface area contributed by atoms with Crippen molar-refractivity contribution in [3.8, 4) is 0 Å². The molecule has 0 saturated heterocycles. The highest BCUT2D eigenvalue weighted by atomic mass is 16.2. The van der Waals surface area contributed by atoms with Crippen LogP contribution in [0.2, 0.25) is 0 Å². The molecule has 2 heterocycles. The molecule has 0 bridgehead atoms. The number of rotatable bonds is 5. The molecule has 28 heavy (non-hydrogen) atoms. The largest absolute Gasteiger partial charge is 0.340 e. The lowest BCUT2D eigenvalue weighted by Gasteiger charge is -2.17. The molecule has 1 aromatic carbocycles. The van der Waals surface area contributed by atoms with Crippen LogP contribution in [0.1, 0.15) is 22.9 Å². The summed E-state index contributed by atoms with van der Waals surface area (Å²) in [6, 6.07) is 14.6. The molecule has 0 aliphatic heterocycles. The van der Waals surface area contributed by atoms with E-state index in [0.29, 0.717) is 5.69 Å². The molecule has 7 heteroatoms. The van der Waals surface area contributed by atoms with Gasteiger partial charge >= 0.3 is 5.69 Å². The van der Waals surface area contributed by atoms with Gasteiger partial charge in [-0.3, -0.25) is 19.1 Å². The molecular weight excluding hydrogens is 356 g/mol. The second-order valence-electron chi connectivity index (χ2n) is 6.28. The molecule has 3 aromatic rings. The highest BCUT2D eigenvalue weighted by Gasteiger charge is 2.16. The zero-order chi connectivity index (χ0) is 20.1. The minimum absolute atomic E-state index is 0.244. The average Bonchev–Trinajstić information content (AvgIpc) is 2.73. The molecule has 0 radical (unpaired) electrons. The van der Waals surface area contributed by atoms with E-state index >= 15 is 0 Å². The molecule has 1 amide bonds. The Morgan fingerprint density at radius 2 is 1.79 bits per heavy atom. The van der Waals surface area contributed by atoms with Gasteiger partial charge in [0, 0.05) is 32.6 Å². The smallest absolute Gasteiger partial charge is 0.330 e. The van der Waals surface area contributed by atoms with E-state index in [1.54, 1.807) is 13.2 Å². The molecule has 0 aliphatic carbocycles. The van der Waals surface area contributed by atoms with Crippen molar-refractivity contribution in [2.24, 2.45) is 14.1 Å². The maximum absolute atomic E-state index is 12.5. The van der Waals surface area contributed by atoms with E-state index in [9.17, 15) is 14.4 Å². The summed E-state index contributed by atoms with van der Waals surface area (Å²) in [5.74, 6) is -0.379. The van der Waals surface area contributed by atoms with Gasteiger partial charge in [0.15, 0.2) is 0 Å². The summed E-state index contributed by atoms with van der Waals surface area (Å²) < 4.78 is 2.29. The summed E-state index contributed by atoms with van der Waals surface area (Å²) in [4.78, 5) is 40.8. The molecule has 0 spiro atoms. The standard InChI is InChI=1S/C21H20N4O3/c1-24-14-16(20(27)25(2)21(24)28)11-12-18(26)23-19(15-8-4-3-5-9-15)17-10-6-7-13-22-17/h3-14,19H,1-2H3,(H,23,26)/b12-11+. The number of carbonyl (C=O) groups excluding carboxylic acids is 1. The molecule has 0 saturated carbocycles. The van der Waals surface area contributed by atoms with Gasteiger partial charge in [-0.1, -0.05) is 36.4 Å². The van der Waals surface area contributed by atoms with Crippen molar-refractivity contribution in [2.75, 3.05) is 0 Å². The monoisotopic (exact) mass is 376 g/mol. The summed E-state index contributed by atoms with van der Waals surface area (Å²) in [6.45, 7) is 0. The summed E-state index contributed by atoms with van der Waals surface area (Å²) in [6.07, 6.45) is 5.75. The molecule has 0 fully saturated rings. The summed E-state index contributed by atoms with van der Waals surface area (Å²) >= 11 is 0. The Hall–Kier alpha value is -3.74. The molecule has 3 rings (SSSR count). The Morgan fingerprint density at radius 1 is 1.07 bits per heavy atom. The van der Waals surface area contributed by atoms with Gasteiger partial charge in [-0.2, -0.15) is 0 Å². The van der Waals surface area contributed by atoms with Gasteiger partial charge in [0.2, 0.25) is 5.91 Å². The van der Waals surface area contributed by atoms with E-state index in [2.05, 4.69) is 10.3 Å². The Bertz CT molecular complexity index is 1080. The number of hydrogen-bond acceptors (Lipinski definition) is 4. The van der Waals surface area contributed by atoms with Crippen molar-refractivity contribution in [1.29, 1.82) is 0 Å². The number of hydrogen-bond donors (Lipinski definition) is 1. The Morgan fingerprint density at radius 3 is 2.46 bits per heavy atom. The lowest BCUT2D eigenvalue weighted by atomic mass is 10.0. The van der Waals surface area contributed by atoms with Gasteiger partial charge in [0.25, 0.3) is 5.56 Å². The second kappa shape index (κ2) is 8.30. The lowest BCUT2D eigenvalue weighted by Crippen LogP contribution is -2.37. The lowest BCUT2D eigenvalue weighted by molar-refractivity contribution is -0.116. The van der Waals surface area contributed by atoms with Gasteiger partial charge in [-0.15, -0.1) is 0 Å². The SMILES string of the molecule is Cn1cc(/C=C/C(=O)NC(c2ccccc2)c2ccccn2)c(=O)n(C)c1=O. The Kier molecular flexibility index (Phi) is 5.64. The van der Waals surface area contributed by atoms with E-state index < -0.39 is 17.3 Å². The van der Waals surface area contributed by atoms with Crippen LogP contribution >= 0.6 is 0 Å². The molecule has 7 nitrogen and oxygen atoms in total. The molecular formula is C21H20N4O3. The van der Waals surface area contributed by atoms with Crippen LogP contribution in [0.4, 0.5) is 0 Å². The van der Waals surface area contributed by atoms with Gasteiger partial charge in [-0.05, 0) is 23.8 Å². The predicted octanol–water partition coefficient (Wildman–Crippen LogP) is 1.40. The summed E-state index contributed by atoms with van der Waals surface area (Å²) in [5.41, 5.74) is 0.950. The molecule has 1 N–H and O–H groups in total. The van der Waals surface area contributed by atoms with E-state index in [4.69, 9.17) is 0 Å². The van der Waals surface area contributed by atoms with E-state index in [-0.39, 0.29) is 11.5 Å². The van der Waals surface area contributed by atoms with E-state index in [0.717, 1.165) is 10.1 Å². The third kappa shape index (κ3) is 4.15. The maximum Gasteiger partial charge on any atom is 0.330 e. The Labute approximate surface area is 161 Å². The first-order valence-corrected chi connectivity index (χ1v) is 8.68. The third-order valence-corrected chi connectivity index (χ3v) is 4.29. The Balaban J connectivity index is 1.87. The zero-order valence-corrected chi connectivity index (χ0v) is 15.6. The number of aromatic nitrogens is 3. The number of nitrogens with one attached hydrogen (secondary N) is 1. The van der Waals surface area contributed by atoms with Gasteiger partial charge in [-0.25, -0.2) is 4.79 Å². The number of pyridine rings is 1. The minimum atomic E-state index is -0.462. The first-order chi connectivity index (χ1) is 13.5. The van der Waals surface area contributed by atoms with Gasteiger partial charge in [0.05, 0.1) is 17.3 Å². The van der Waals surface area contributed by atoms with Crippen molar-refractivity contribution in [2.45, 2.75) is 6.04 Å². The molecule has 1 unspecified atom stereocenters. The first-order valence-electron chi connectivity index (χ1n) is 8.68. The van der Waals surface area contributed by atoms with Crippen molar-refractivity contribution < 1.29 is 4.79 Å². The van der Waals surface area contributed by atoms with Crippen LogP contribution in [0.15, 0.2) is 76.6 Å². The third-order valence-electron chi connectivity index (χ3n) is 4.29. The number of amides is 1. The van der Waals surface area contributed by atoms with Crippen LogP contribution < -0.4 is 16.6 Å². The minimum Gasteiger partial charge on any atom is -0.340 e. The summed E-state index contributed by atoms with van der Waals surface area (Å²) in [7, 11) is 2.94. The van der Waals surface area contributed by atoms with Crippen LogP contribution in [0.5, 0.6) is 0 Å². The van der Waals surface area contributed by atoms with Crippen LogP contribution in [-0.2, 0) is 18.9 Å². The molecule has 2 aromatic heterocycles. The van der Waals surface area contributed by atoms with E-state index in [1.165, 1.54) is 30.0 Å². The average molecular weight is 376 g/mol. The van der Waals surface area contributed by atoms with Crippen LogP contribution in [0.3, 0.4) is 0 Å². The van der Waals surface area contributed by atoms with Crippen molar-refractivity contribution >= 4 is 12.0 Å². The highest BCUT2D eigenvalue weighted by molar-refractivity contribution is 5.92. The summed E-state index contributed by atoms with van der Waals surface area (Å²) in [5, 5.41) is 2.91. The number of benzene rings is 1. The van der Waals surface area contributed by atoms with Crippen molar-refractivity contribution in [3.05, 3.63) is 105 Å². The fraction of sp³-hybridized carbons (Fsp3) is 0.143. The number of aryl methyl sites for hydroxylation is 1. The second-order valence-corrected chi connectivity index (χ2v) is 6.28. The van der Waals surface area contributed by atoms with Crippen molar-refractivity contribution in [1.82, 2.24) is 19.4 Å². The van der Waals surface area contributed by atoms with Crippen LogP contribution in [-0.4, -0.2) is 20.0 Å².